The number of anilines is 4. The van der Waals surface area contributed by atoms with E-state index in [1.807, 2.05) is 12.1 Å². The summed E-state index contributed by atoms with van der Waals surface area (Å²) in [4.78, 5) is 9.95. The Morgan fingerprint density at radius 1 is 0.500 bits per heavy atom. The minimum absolute atomic E-state index is 0.703. The van der Waals surface area contributed by atoms with E-state index in [-0.39, 0.29) is 0 Å². The van der Waals surface area contributed by atoms with E-state index in [9.17, 15) is 0 Å². The van der Waals surface area contributed by atoms with Crippen LogP contribution in [-0.2, 0) is 0 Å². The molecular formula is C28H26N4. The summed E-state index contributed by atoms with van der Waals surface area (Å²) < 4.78 is 0. The zero-order valence-corrected chi connectivity index (χ0v) is 18.8. The molecule has 158 valence electrons. The van der Waals surface area contributed by atoms with Crippen molar-refractivity contribution in [3.63, 3.8) is 0 Å². The van der Waals surface area contributed by atoms with Gasteiger partial charge in [0.2, 0.25) is 0 Å². The van der Waals surface area contributed by atoms with Crippen LogP contribution >= 0.6 is 0 Å². The summed E-state index contributed by atoms with van der Waals surface area (Å²) in [6, 6.07) is 25.2. The second kappa shape index (κ2) is 7.97. The van der Waals surface area contributed by atoms with Gasteiger partial charge in [-0.3, -0.25) is 0 Å². The lowest BCUT2D eigenvalue weighted by Gasteiger charge is -2.15. The predicted molar refractivity (Wildman–Crippen MR) is 135 cm³/mol. The second-order valence-corrected chi connectivity index (χ2v) is 8.46. The maximum Gasteiger partial charge on any atom is 0.174 e. The highest BCUT2D eigenvalue weighted by Gasteiger charge is 2.12. The number of aromatic nitrogens is 2. The van der Waals surface area contributed by atoms with E-state index in [0.717, 1.165) is 33.2 Å². The molecule has 4 nitrogen and oxygen atoms in total. The Morgan fingerprint density at radius 3 is 1.34 bits per heavy atom. The van der Waals surface area contributed by atoms with Gasteiger partial charge < -0.3 is 10.6 Å². The molecule has 0 aliphatic heterocycles. The summed E-state index contributed by atoms with van der Waals surface area (Å²) in [6.07, 6.45) is 0. The van der Waals surface area contributed by atoms with Crippen molar-refractivity contribution in [1.82, 2.24) is 9.97 Å². The average Bonchev–Trinajstić information content (AvgIpc) is 2.78. The van der Waals surface area contributed by atoms with Gasteiger partial charge >= 0.3 is 0 Å². The number of aryl methyl sites for hydroxylation is 4. The van der Waals surface area contributed by atoms with E-state index in [1.165, 1.54) is 22.3 Å². The molecule has 0 atom stereocenters. The van der Waals surface area contributed by atoms with Crippen molar-refractivity contribution in [2.75, 3.05) is 10.6 Å². The van der Waals surface area contributed by atoms with Crippen LogP contribution in [0.3, 0.4) is 0 Å². The Kier molecular flexibility index (Phi) is 4.98. The standard InChI is InChI=1S/C28H26N4/c1-17-9-11-23(13-19(17)3)29-27-28(30-24-12-10-18(2)20(4)14-24)32-26-16-22-8-6-5-7-21(22)15-25(26)31-27/h5-16H,1-4H3,(H,29,31)(H,30,32). The highest BCUT2D eigenvalue weighted by molar-refractivity contribution is 5.96. The molecule has 5 aromatic rings. The van der Waals surface area contributed by atoms with E-state index in [1.54, 1.807) is 0 Å². The SMILES string of the molecule is Cc1ccc(Nc2nc3cc4ccccc4cc3nc2Nc2ccc(C)c(C)c2)cc1C. The third kappa shape index (κ3) is 3.87. The van der Waals surface area contributed by atoms with E-state index in [2.05, 4.69) is 99.0 Å². The van der Waals surface area contributed by atoms with Gasteiger partial charge in [-0.05, 0) is 97.1 Å². The Hall–Kier alpha value is -3.92. The van der Waals surface area contributed by atoms with Gasteiger partial charge in [0.25, 0.3) is 0 Å². The van der Waals surface area contributed by atoms with Crippen molar-refractivity contribution in [3.05, 3.63) is 95.1 Å². The number of rotatable bonds is 4. The zero-order chi connectivity index (χ0) is 22.2. The van der Waals surface area contributed by atoms with Crippen LogP contribution in [0.4, 0.5) is 23.0 Å². The lowest BCUT2D eigenvalue weighted by atomic mass is 10.1. The Morgan fingerprint density at radius 2 is 0.938 bits per heavy atom. The van der Waals surface area contributed by atoms with Crippen LogP contribution < -0.4 is 10.6 Å². The lowest BCUT2D eigenvalue weighted by Crippen LogP contribution is -2.04. The number of hydrogen-bond donors (Lipinski definition) is 2. The van der Waals surface area contributed by atoms with Gasteiger partial charge in [-0.25, -0.2) is 9.97 Å². The first-order chi connectivity index (χ1) is 15.5. The minimum atomic E-state index is 0.703. The number of fused-ring (bicyclic) bond motifs is 2. The molecule has 0 spiro atoms. The van der Waals surface area contributed by atoms with Gasteiger partial charge in [-0.15, -0.1) is 0 Å². The van der Waals surface area contributed by atoms with Gasteiger partial charge in [-0.1, -0.05) is 36.4 Å². The lowest BCUT2D eigenvalue weighted by molar-refractivity contribution is 1.26. The monoisotopic (exact) mass is 418 g/mol. The highest BCUT2D eigenvalue weighted by atomic mass is 15.1. The molecule has 0 unspecified atom stereocenters. The van der Waals surface area contributed by atoms with Crippen LogP contribution in [0, 0.1) is 27.7 Å². The molecule has 0 radical (unpaired) electrons. The summed E-state index contributed by atoms with van der Waals surface area (Å²) in [7, 11) is 0. The molecule has 4 aromatic carbocycles. The third-order valence-electron chi connectivity index (χ3n) is 6.07. The number of benzene rings is 4. The molecule has 0 amide bonds. The maximum atomic E-state index is 4.97. The molecule has 0 saturated heterocycles. The van der Waals surface area contributed by atoms with E-state index in [4.69, 9.17) is 9.97 Å². The molecule has 32 heavy (non-hydrogen) atoms. The largest absolute Gasteiger partial charge is 0.337 e. The smallest absolute Gasteiger partial charge is 0.174 e. The molecule has 5 rings (SSSR count). The maximum absolute atomic E-state index is 4.97. The van der Waals surface area contributed by atoms with Crippen LogP contribution in [-0.4, -0.2) is 9.97 Å². The first-order valence-corrected chi connectivity index (χ1v) is 10.9. The van der Waals surface area contributed by atoms with Gasteiger partial charge in [0.05, 0.1) is 11.0 Å². The Labute approximate surface area is 188 Å². The molecule has 0 bridgehead atoms. The first-order valence-electron chi connectivity index (χ1n) is 10.9. The van der Waals surface area contributed by atoms with Crippen molar-refractivity contribution in [3.8, 4) is 0 Å². The van der Waals surface area contributed by atoms with Crippen LogP contribution in [0.5, 0.6) is 0 Å². The predicted octanol–water partition coefficient (Wildman–Crippen LogP) is 7.50. The van der Waals surface area contributed by atoms with Gasteiger partial charge in [0, 0.05) is 11.4 Å². The van der Waals surface area contributed by atoms with Gasteiger partial charge in [0.1, 0.15) is 0 Å². The summed E-state index contributed by atoms with van der Waals surface area (Å²) in [5.74, 6) is 1.41. The molecule has 0 saturated carbocycles. The molecule has 0 aliphatic carbocycles. The quantitative estimate of drug-likeness (QED) is 0.297. The topological polar surface area (TPSA) is 49.8 Å². The molecule has 4 heteroatoms. The van der Waals surface area contributed by atoms with Crippen molar-refractivity contribution in [2.24, 2.45) is 0 Å². The molecule has 0 fully saturated rings. The van der Waals surface area contributed by atoms with Crippen LogP contribution in [0.1, 0.15) is 22.3 Å². The highest BCUT2D eigenvalue weighted by Crippen LogP contribution is 2.30. The van der Waals surface area contributed by atoms with Crippen LogP contribution in [0.2, 0.25) is 0 Å². The van der Waals surface area contributed by atoms with Crippen LogP contribution in [0.15, 0.2) is 72.8 Å². The van der Waals surface area contributed by atoms with E-state index < -0.39 is 0 Å². The molecular weight excluding hydrogens is 392 g/mol. The van der Waals surface area contributed by atoms with E-state index >= 15 is 0 Å². The van der Waals surface area contributed by atoms with Crippen LogP contribution in [0.25, 0.3) is 21.8 Å². The number of hydrogen-bond acceptors (Lipinski definition) is 4. The zero-order valence-electron chi connectivity index (χ0n) is 18.8. The number of nitrogens with one attached hydrogen (secondary N) is 2. The first kappa shape index (κ1) is 20.0. The Bertz CT molecular complexity index is 1360. The van der Waals surface area contributed by atoms with Crippen molar-refractivity contribution in [1.29, 1.82) is 0 Å². The molecule has 1 aromatic heterocycles. The van der Waals surface area contributed by atoms with Gasteiger partial charge in [-0.2, -0.15) is 0 Å². The van der Waals surface area contributed by atoms with Crippen molar-refractivity contribution < 1.29 is 0 Å². The van der Waals surface area contributed by atoms with Crippen molar-refractivity contribution >= 4 is 44.8 Å². The van der Waals surface area contributed by atoms with Crippen molar-refractivity contribution in [2.45, 2.75) is 27.7 Å². The summed E-state index contributed by atoms with van der Waals surface area (Å²) in [5.41, 5.74) is 8.70. The fraction of sp³-hybridized carbons (Fsp3) is 0.143. The summed E-state index contributed by atoms with van der Waals surface area (Å²) in [6.45, 7) is 8.47. The minimum Gasteiger partial charge on any atom is -0.337 e. The second-order valence-electron chi connectivity index (χ2n) is 8.46. The summed E-state index contributed by atoms with van der Waals surface area (Å²) >= 11 is 0. The summed E-state index contributed by atoms with van der Waals surface area (Å²) in [5, 5.41) is 9.29. The fourth-order valence-corrected chi connectivity index (χ4v) is 3.83. The number of nitrogens with zero attached hydrogens (tertiary/aromatic N) is 2. The normalized spacial score (nSPS) is 11.1. The fourth-order valence-electron chi connectivity index (χ4n) is 3.83. The molecule has 2 N–H and O–H groups in total. The molecule has 1 heterocycles. The Balaban J connectivity index is 1.64. The van der Waals surface area contributed by atoms with Gasteiger partial charge in [0.15, 0.2) is 11.6 Å². The van der Waals surface area contributed by atoms with E-state index in [0.29, 0.717) is 11.6 Å². The average molecular weight is 419 g/mol. The third-order valence-corrected chi connectivity index (χ3v) is 6.07. The molecule has 0 aliphatic rings.